The second-order valence-corrected chi connectivity index (χ2v) is 7.42. The van der Waals surface area contributed by atoms with Crippen molar-refractivity contribution in [3.8, 4) is 11.3 Å². The van der Waals surface area contributed by atoms with Crippen LogP contribution in [0.2, 0.25) is 0 Å². The second-order valence-electron chi connectivity index (χ2n) is 6.44. The summed E-state index contributed by atoms with van der Waals surface area (Å²) in [5.41, 5.74) is 2.44. The van der Waals surface area contributed by atoms with Gasteiger partial charge in [0.15, 0.2) is 6.29 Å². The molecule has 0 spiro atoms. The average molecular weight is 414 g/mol. The minimum absolute atomic E-state index is 0.00327. The molecular formula is C19H18N4O5S. The molecule has 0 fully saturated rings. The Morgan fingerprint density at radius 3 is 2.59 bits per heavy atom. The van der Waals surface area contributed by atoms with Crippen LogP contribution in [-0.4, -0.2) is 53.0 Å². The minimum Gasteiger partial charge on any atom is -0.354 e. The molecule has 0 radical (unpaired) electrons. The number of hydrogen-bond donors (Lipinski definition) is 1. The Bertz CT molecular complexity index is 1030. The lowest BCUT2D eigenvalue weighted by atomic mass is 10.0. The normalized spacial score (nSPS) is 15.9. The Hall–Kier alpha value is -3.08. The lowest BCUT2D eigenvalue weighted by Crippen LogP contribution is -2.37. The largest absolute Gasteiger partial charge is 0.354 e. The number of nitro benzene ring substituents is 1. The second kappa shape index (κ2) is 7.74. The molecule has 1 amide bonds. The first-order chi connectivity index (χ1) is 14.0. The van der Waals surface area contributed by atoms with Crippen molar-refractivity contribution in [3.63, 3.8) is 0 Å². The standard InChI is InChI=1S/C19H18N4O5S/c1-27-14(28-2)10-22-18(13-4-3-9-29-13)15-16(20-21-17(15)19(22)24)11-5-7-12(8-6-11)23(25)26/h3-9,14,18H,10H2,1-2H3,(H,20,21). The monoisotopic (exact) mass is 414 g/mol. The fourth-order valence-corrected chi connectivity index (χ4v) is 4.34. The molecule has 1 aliphatic rings. The van der Waals surface area contributed by atoms with Crippen molar-refractivity contribution in [1.82, 2.24) is 15.1 Å². The van der Waals surface area contributed by atoms with Gasteiger partial charge in [0, 0.05) is 42.4 Å². The number of benzene rings is 1. The molecule has 0 bridgehead atoms. The van der Waals surface area contributed by atoms with Gasteiger partial charge in [0.25, 0.3) is 11.6 Å². The van der Waals surface area contributed by atoms with E-state index in [1.54, 1.807) is 17.0 Å². The zero-order valence-corrected chi connectivity index (χ0v) is 16.5. The predicted octanol–water partition coefficient (Wildman–Crippen LogP) is 3.21. The number of non-ortho nitro benzene ring substituents is 1. The van der Waals surface area contributed by atoms with Crippen molar-refractivity contribution < 1.29 is 19.2 Å². The number of nitro groups is 1. The number of methoxy groups -OCH3 is 2. The summed E-state index contributed by atoms with van der Waals surface area (Å²) in [4.78, 5) is 26.3. The van der Waals surface area contributed by atoms with E-state index in [1.807, 2.05) is 17.5 Å². The fraction of sp³-hybridized carbons (Fsp3) is 0.263. The van der Waals surface area contributed by atoms with Gasteiger partial charge in [0.1, 0.15) is 5.69 Å². The van der Waals surface area contributed by atoms with Gasteiger partial charge in [-0.2, -0.15) is 5.10 Å². The molecular weight excluding hydrogens is 396 g/mol. The van der Waals surface area contributed by atoms with Crippen molar-refractivity contribution >= 4 is 22.9 Å². The maximum absolute atomic E-state index is 13.1. The number of hydrogen-bond acceptors (Lipinski definition) is 7. The number of aromatic amines is 1. The molecule has 2 aromatic heterocycles. The van der Waals surface area contributed by atoms with E-state index in [-0.39, 0.29) is 24.2 Å². The lowest BCUT2D eigenvalue weighted by Gasteiger charge is -2.28. The number of H-pyrrole nitrogens is 1. The molecule has 1 N–H and O–H groups in total. The summed E-state index contributed by atoms with van der Waals surface area (Å²) in [7, 11) is 3.05. The lowest BCUT2D eigenvalue weighted by molar-refractivity contribution is -0.384. The molecule has 3 heterocycles. The first kappa shape index (κ1) is 19.2. The van der Waals surface area contributed by atoms with Crippen LogP contribution in [0.1, 0.15) is 27.0 Å². The van der Waals surface area contributed by atoms with Crippen LogP contribution in [0.15, 0.2) is 41.8 Å². The first-order valence-electron chi connectivity index (χ1n) is 8.78. The summed E-state index contributed by atoms with van der Waals surface area (Å²) in [6, 6.07) is 9.67. The van der Waals surface area contributed by atoms with E-state index >= 15 is 0 Å². The van der Waals surface area contributed by atoms with Gasteiger partial charge in [0.05, 0.1) is 23.2 Å². The van der Waals surface area contributed by atoms with Gasteiger partial charge < -0.3 is 14.4 Å². The Kier molecular flexibility index (Phi) is 5.14. The first-order valence-corrected chi connectivity index (χ1v) is 9.66. The van der Waals surface area contributed by atoms with Gasteiger partial charge in [-0.25, -0.2) is 0 Å². The summed E-state index contributed by atoms with van der Waals surface area (Å²) in [5, 5.41) is 20.1. The number of ether oxygens (including phenoxy) is 2. The third-order valence-electron chi connectivity index (χ3n) is 4.90. The van der Waals surface area contributed by atoms with Crippen molar-refractivity contribution in [2.24, 2.45) is 0 Å². The summed E-state index contributed by atoms with van der Waals surface area (Å²) in [6.07, 6.45) is -0.568. The van der Waals surface area contributed by atoms with E-state index in [0.717, 1.165) is 10.4 Å². The van der Waals surface area contributed by atoms with E-state index in [9.17, 15) is 14.9 Å². The molecule has 29 heavy (non-hydrogen) atoms. The van der Waals surface area contributed by atoms with Gasteiger partial charge >= 0.3 is 0 Å². The van der Waals surface area contributed by atoms with Gasteiger partial charge in [-0.1, -0.05) is 6.07 Å². The highest BCUT2D eigenvalue weighted by atomic mass is 32.1. The SMILES string of the molecule is COC(CN1C(=O)c2[nH]nc(-c3ccc([N+](=O)[O-])cc3)c2C1c1cccs1)OC. The number of nitrogens with zero attached hydrogens (tertiary/aromatic N) is 3. The highest BCUT2D eigenvalue weighted by molar-refractivity contribution is 7.10. The summed E-state index contributed by atoms with van der Waals surface area (Å²) in [6.45, 7) is 0.247. The molecule has 1 aliphatic heterocycles. The summed E-state index contributed by atoms with van der Waals surface area (Å²) < 4.78 is 10.6. The number of amides is 1. The van der Waals surface area contributed by atoms with Crippen molar-refractivity contribution in [2.45, 2.75) is 12.3 Å². The number of fused-ring (bicyclic) bond motifs is 1. The Morgan fingerprint density at radius 2 is 2.00 bits per heavy atom. The smallest absolute Gasteiger partial charge is 0.273 e. The highest BCUT2D eigenvalue weighted by Gasteiger charge is 2.43. The number of rotatable bonds is 7. The van der Waals surface area contributed by atoms with Gasteiger partial charge in [-0.3, -0.25) is 20.0 Å². The highest BCUT2D eigenvalue weighted by Crippen LogP contribution is 2.44. The van der Waals surface area contributed by atoms with Crippen LogP contribution in [0.4, 0.5) is 5.69 Å². The minimum atomic E-state index is -0.568. The van der Waals surface area contributed by atoms with Gasteiger partial charge in [-0.05, 0) is 23.6 Å². The van der Waals surface area contributed by atoms with Crippen LogP contribution in [0.25, 0.3) is 11.3 Å². The van der Waals surface area contributed by atoms with Crippen LogP contribution in [0, 0.1) is 10.1 Å². The molecule has 1 unspecified atom stereocenters. The molecule has 9 nitrogen and oxygen atoms in total. The Balaban J connectivity index is 1.79. The van der Waals surface area contributed by atoms with E-state index in [2.05, 4.69) is 10.2 Å². The molecule has 0 aliphatic carbocycles. The molecule has 0 saturated heterocycles. The molecule has 1 atom stereocenters. The topological polar surface area (TPSA) is 111 Å². The number of aromatic nitrogens is 2. The third kappa shape index (κ3) is 3.31. The predicted molar refractivity (Wildman–Crippen MR) is 106 cm³/mol. The molecule has 10 heteroatoms. The van der Waals surface area contributed by atoms with Crippen LogP contribution >= 0.6 is 11.3 Å². The molecule has 150 valence electrons. The zero-order chi connectivity index (χ0) is 20.5. The van der Waals surface area contributed by atoms with E-state index in [1.165, 1.54) is 37.7 Å². The van der Waals surface area contributed by atoms with Gasteiger partial charge in [0.2, 0.25) is 0 Å². The number of thiophene rings is 1. The molecule has 1 aromatic carbocycles. The number of nitrogens with one attached hydrogen (secondary N) is 1. The van der Waals surface area contributed by atoms with E-state index < -0.39 is 11.2 Å². The fourth-order valence-electron chi connectivity index (χ4n) is 3.49. The molecule has 0 saturated carbocycles. The van der Waals surface area contributed by atoms with Gasteiger partial charge in [-0.15, -0.1) is 11.3 Å². The zero-order valence-electron chi connectivity index (χ0n) is 15.7. The van der Waals surface area contributed by atoms with Crippen LogP contribution in [0.3, 0.4) is 0 Å². The van der Waals surface area contributed by atoms with Crippen LogP contribution < -0.4 is 0 Å². The van der Waals surface area contributed by atoms with Crippen molar-refractivity contribution in [3.05, 3.63) is 68.0 Å². The maximum Gasteiger partial charge on any atom is 0.273 e. The number of carbonyl (C=O) groups excluding carboxylic acids is 1. The maximum atomic E-state index is 13.1. The van der Waals surface area contributed by atoms with Crippen LogP contribution in [0.5, 0.6) is 0 Å². The summed E-state index contributed by atoms with van der Waals surface area (Å²) >= 11 is 1.54. The number of carbonyl (C=O) groups is 1. The van der Waals surface area contributed by atoms with Crippen molar-refractivity contribution in [2.75, 3.05) is 20.8 Å². The van der Waals surface area contributed by atoms with E-state index in [0.29, 0.717) is 17.0 Å². The van der Waals surface area contributed by atoms with Crippen LogP contribution in [-0.2, 0) is 9.47 Å². The summed E-state index contributed by atoms with van der Waals surface area (Å²) in [5.74, 6) is -0.196. The molecule has 4 rings (SSSR count). The molecule has 3 aromatic rings. The van der Waals surface area contributed by atoms with Crippen molar-refractivity contribution in [1.29, 1.82) is 0 Å². The quantitative estimate of drug-likeness (QED) is 0.361. The third-order valence-corrected chi connectivity index (χ3v) is 5.82. The Labute approximate surface area is 170 Å². The Morgan fingerprint density at radius 1 is 1.28 bits per heavy atom. The van der Waals surface area contributed by atoms with E-state index in [4.69, 9.17) is 9.47 Å². The average Bonchev–Trinajstić information content (AvgIpc) is 3.45.